The van der Waals surface area contributed by atoms with E-state index in [0.29, 0.717) is 12.0 Å². The first kappa shape index (κ1) is 13.0. The van der Waals surface area contributed by atoms with Crippen molar-refractivity contribution in [3.05, 3.63) is 29.3 Å². The van der Waals surface area contributed by atoms with Gasteiger partial charge >= 0.3 is 0 Å². The zero-order valence-electron chi connectivity index (χ0n) is 11.0. The van der Waals surface area contributed by atoms with Crippen molar-refractivity contribution in [2.24, 2.45) is 11.8 Å². The molecule has 1 fully saturated rings. The van der Waals surface area contributed by atoms with Crippen LogP contribution < -0.4 is 11.3 Å². The van der Waals surface area contributed by atoms with Crippen molar-refractivity contribution in [3.8, 4) is 0 Å². The first-order chi connectivity index (χ1) is 9.26. The third kappa shape index (κ3) is 2.79. The number of para-hydroxylation sites is 1. The van der Waals surface area contributed by atoms with Gasteiger partial charge in [-0.3, -0.25) is 11.3 Å². The molecule has 3 N–H and O–H groups in total. The van der Waals surface area contributed by atoms with Crippen molar-refractivity contribution in [2.75, 3.05) is 6.61 Å². The maximum atomic E-state index is 5.71. The predicted molar refractivity (Wildman–Crippen MR) is 78.0 cm³/mol. The second-order valence-corrected chi connectivity index (χ2v) is 6.31. The number of thiazole rings is 1. The molecule has 3 rings (SSSR count). The highest BCUT2D eigenvalue weighted by molar-refractivity contribution is 7.18. The Bertz CT molecular complexity index is 523. The molecule has 3 unspecified atom stereocenters. The van der Waals surface area contributed by atoms with Crippen LogP contribution in [0.1, 0.15) is 18.4 Å². The molecule has 19 heavy (non-hydrogen) atoms. The predicted octanol–water partition coefficient (Wildman–Crippen LogP) is 2.10. The molecule has 2 heterocycles. The fourth-order valence-electron chi connectivity index (χ4n) is 2.69. The summed E-state index contributed by atoms with van der Waals surface area (Å²) in [5.74, 6) is 6.19. The van der Waals surface area contributed by atoms with Gasteiger partial charge in [0.15, 0.2) is 0 Å². The number of aromatic nitrogens is 1. The molecule has 2 aromatic rings. The van der Waals surface area contributed by atoms with Gasteiger partial charge in [0.05, 0.1) is 27.9 Å². The summed E-state index contributed by atoms with van der Waals surface area (Å²) < 4.78 is 6.87. The van der Waals surface area contributed by atoms with E-state index in [4.69, 9.17) is 10.6 Å². The molecule has 102 valence electrons. The van der Waals surface area contributed by atoms with Gasteiger partial charge in [-0.25, -0.2) is 4.98 Å². The second-order valence-electron chi connectivity index (χ2n) is 5.19. The Morgan fingerprint density at radius 1 is 1.53 bits per heavy atom. The third-order valence-corrected chi connectivity index (χ3v) is 4.80. The van der Waals surface area contributed by atoms with Gasteiger partial charge in [-0.15, -0.1) is 11.3 Å². The SMILES string of the molecule is CC1CC(C(Cc2nc3ccccc3s2)NN)CO1. The molecule has 4 nitrogen and oxygen atoms in total. The lowest BCUT2D eigenvalue weighted by atomic mass is 9.95. The number of hydrazine groups is 1. The number of nitrogens with one attached hydrogen (secondary N) is 1. The maximum Gasteiger partial charge on any atom is 0.0954 e. The zero-order chi connectivity index (χ0) is 13.2. The van der Waals surface area contributed by atoms with Gasteiger partial charge in [0, 0.05) is 18.4 Å². The summed E-state index contributed by atoms with van der Waals surface area (Å²) in [5, 5.41) is 1.14. The standard InChI is InChI=1S/C14H19N3OS/c1-9-6-10(8-18-9)12(17-15)7-14-16-11-4-2-3-5-13(11)19-14/h2-5,9-10,12,17H,6-8,15H2,1H3. The van der Waals surface area contributed by atoms with E-state index in [2.05, 4.69) is 35.5 Å². The van der Waals surface area contributed by atoms with Crippen LogP contribution in [0.25, 0.3) is 10.2 Å². The van der Waals surface area contributed by atoms with Gasteiger partial charge in [0.2, 0.25) is 0 Å². The maximum absolute atomic E-state index is 5.71. The Hall–Kier alpha value is -1.01. The van der Waals surface area contributed by atoms with E-state index in [9.17, 15) is 0 Å². The Morgan fingerprint density at radius 2 is 2.37 bits per heavy atom. The molecule has 1 aromatic heterocycles. The minimum atomic E-state index is 0.241. The summed E-state index contributed by atoms with van der Waals surface area (Å²) in [6, 6.07) is 8.49. The van der Waals surface area contributed by atoms with E-state index in [1.807, 2.05) is 6.07 Å². The van der Waals surface area contributed by atoms with E-state index in [-0.39, 0.29) is 6.04 Å². The Morgan fingerprint density at radius 3 is 3.05 bits per heavy atom. The van der Waals surface area contributed by atoms with Crippen LogP contribution >= 0.6 is 11.3 Å². The Kier molecular flexibility index (Phi) is 3.79. The van der Waals surface area contributed by atoms with Gasteiger partial charge in [0.25, 0.3) is 0 Å². The van der Waals surface area contributed by atoms with Gasteiger partial charge in [0.1, 0.15) is 0 Å². The van der Waals surface area contributed by atoms with E-state index in [1.165, 1.54) is 4.70 Å². The summed E-state index contributed by atoms with van der Waals surface area (Å²) in [6.07, 6.45) is 2.28. The van der Waals surface area contributed by atoms with Crippen LogP contribution in [0.2, 0.25) is 0 Å². The number of hydrogen-bond acceptors (Lipinski definition) is 5. The summed E-state index contributed by atoms with van der Waals surface area (Å²) in [4.78, 5) is 4.67. The molecule has 0 spiro atoms. The summed E-state index contributed by atoms with van der Waals surface area (Å²) in [6.45, 7) is 2.91. The number of benzene rings is 1. The van der Waals surface area contributed by atoms with Crippen LogP contribution in [-0.4, -0.2) is 23.7 Å². The fourth-order valence-corrected chi connectivity index (χ4v) is 3.71. The summed E-state index contributed by atoms with van der Waals surface area (Å²) in [5.41, 5.74) is 4.02. The number of fused-ring (bicyclic) bond motifs is 1. The number of ether oxygens (including phenoxy) is 1. The largest absolute Gasteiger partial charge is 0.378 e. The van der Waals surface area contributed by atoms with Gasteiger partial charge in [-0.2, -0.15) is 0 Å². The van der Waals surface area contributed by atoms with Crippen LogP contribution in [0, 0.1) is 5.92 Å². The molecule has 0 aliphatic carbocycles. The van der Waals surface area contributed by atoms with Gasteiger partial charge in [-0.1, -0.05) is 12.1 Å². The van der Waals surface area contributed by atoms with Gasteiger partial charge < -0.3 is 4.74 Å². The lowest BCUT2D eigenvalue weighted by molar-refractivity contribution is 0.117. The van der Waals surface area contributed by atoms with Crippen molar-refractivity contribution in [1.29, 1.82) is 0 Å². The highest BCUT2D eigenvalue weighted by Gasteiger charge is 2.29. The van der Waals surface area contributed by atoms with E-state index < -0.39 is 0 Å². The molecule has 3 atom stereocenters. The Labute approximate surface area is 116 Å². The summed E-state index contributed by atoms with van der Waals surface area (Å²) in [7, 11) is 0. The molecular formula is C14H19N3OS. The Balaban J connectivity index is 1.75. The quantitative estimate of drug-likeness (QED) is 0.663. The molecule has 0 amide bonds. The lowest BCUT2D eigenvalue weighted by Crippen LogP contribution is -2.42. The topological polar surface area (TPSA) is 60.2 Å². The zero-order valence-corrected chi connectivity index (χ0v) is 11.8. The fraction of sp³-hybridized carbons (Fsp3) is 0.500. The minimum Gasteiger partial charge on any atom is -0.378 e. The average Bonchev–Trinajstić information content (AvgIpc) is 3.01. The number of nitrogens with zero attached hydrogens (tertiary/aromatic N) is 1. The molecule has 1 aliphatic rings. The van der Waals surface area contributed by atoms with Crippen LogP contribution in [0.5, 0.6) is 0 Å². The van der Waals surface area contributed by atoms with Crippen LogP contribution in [0.4, 0.5) is 0 Å². The molecular weight excluding hydrogens is 258 g/mol. The van der Waals surface area contributed by atoms with Crippen molar-refractivity contribution >= 4 is 21.6 Å². The first-order valence-corrected chi connectivity index (χ1v) is 7.50. The van der Waals surface area contributed by atoms with Crippen molar-refractivity contribution in [3.63, 3.8) is 0 Å². The molecule has 0 saturated carbocycles. The van der Waals surface area contributed by atoms with Crippen molar-refractivity contribution in [2.45, 2.75) is 31.9 Å². The van der Waals surface area contributed by atoms with E-state index in [1.54, 1.807) is 11.3 Å². The molecule has 0 radical (unpaired) electrons. The van der Waals surface area contributed by atoms with Crippen LogP contribution in [0.15, 0.2) is 24.3 Å². The van der Waals surface area contributed by atoms with Crippen molar-refractivity contribution < 1.29 is 4.74 Å². The lowest BCUT2D eigenvalue weighted by Gasteiger charge is -2.20. The summed E-state index contributed by atoms with van der Waals surface area (Å²) >= 11 is 1.75. The van der Waals surface area contributed by atoms with Crippen LogP contribution in [0.3, 0.4) is 0 Å². The first-order valence-electron chi connectivity index (χ1n) is 6.68. The molecule has 1 aliphatic heterocycles. The smallest absolute Gasteiger partial charge is 0.0954 e. The molecule has 0 bridgehead atoms. The highest BCUT2D eigenvalue weighted by Crippen LogP contribution is 2.27. The average molecular weight is 277 g/mol. The number of nitrogens with two attached hydrogens (primary N) is 1. The highest BCUT2D eigenvalue weighted by atomic mass is 32.1. The number of rotatable bonds is 4. The van der Waals surface area contributed by atoms with Crippen LogP contribution in [-0.2, 0) is 11.2 Å². The van der Waals surface area contributed by atoms with Crippen molar-refractivity contribution in [1.82, 2.24) is 10.4 Å². The molecule has 1 saturated heterocycles. The monoisotopic (exact) mass is 277 g/mol. The van der Waals surface area contributed by atoms with E-state index in [0.717, 1.165) is 30.0 Å². The van der Waals surface area contributed by atoms with Gasteiger partial charge in [-0.05, 0) is 25.5 Å². The molecule has 5 heteroatoms. The minimum absolute atomic E-state index is 0.241. The third-order valence-electron chi connectivity index (χ3n) is 3.75. The molecule has 1 aromatic carbocycles. The normalized spacial score (nSPS) is 24.9. The van der Waals surface area contributed by atoms with E-state index >= 15 is 0 Å². The number of hydrogen-bond donors (Lipinski definition) is 2. The second kappa shape index (κ2) is 5.54.